The van der Waals surface area contributed by atoms with Crippen LogP contribution in [-0.4, -0.2) is 58.5 Å². The number of hydrogen-bond acceptors (Lipinski definition) is 7. The third-order valence-corrected chi connectivity index (χ3v) is 7.69. The zero-order chi connectivity index (χ0) is 30.2. The monoisotopic (exact) mass is 603 g/mol. The highest BCUT2D eigenvalue weighted by atomic mass is 19.4. The van der Waals surface area contributed by atoms with Gasteiger partial charge in [-0.05, 0) is 48.5 Å². The van der Waals surface area contributed by atoms with Crippen LogP contribution >= 0.6 is 0 Å². The molecule has 0 unspecified atom stereocenters. The Morgan fingerprint density at radius 3 is 2.26 bits per heavy atom. The Labute approximate surface area is 242 Å². The van der Waals surface area contributed by atoms with E-state index in [0.717, 1.165) is 44.1 Å². The van der Waals surface area contributed by atoms with Gasteiger partial charge in [0.2, 0.25) is 0 Å². The second-order valence-electron chi connectivity index (χ2n) is 10.5. The van der Waals surface area contributed by atoms with Crippen LogP contribution in [-0.2, 0) is 28.2 Å². The molecule has 0 aliphatic carbocycles. The summed E-state index contributed by atoms with van der Waals surface area (Å²) in [6.45, 7) is 3.32. The normalized spacial score (nSPS) is 17.5. The lowest BCUT2D eigenvalue weighted by Gasteiger charge is -2.37. The maximum atomic E-state index is 13.7. The van der Waals surface area contributed by atoms with Crippen molar-refractivity contribution in [1.29, 1.82) is 0 Å². The van der Waals surface area contributed by atoms with E-state index in [2.05, 4.69) is 25.2 Å². The van der Waals surface area contributed by atoms with Gasteiger partial charge in [0.05, 0.1) is 35.6 Å². The number of anilines is 2. The third-order valence-electron chi connectivity index (χ3n) is 7.69. The molecule has 4 heterocycles. The van der Waals surface area contributed by atoms with Gasteiger partial charge in [-0.3, -0.25) is 4.98 Å². The molecule has 0 saturated carbocycles. The standard InChI is InChI=1S/C30H27F6N5O2/c31-29(32,33)20-4-6-21(7-5-20)38-27-22-8-3-19(26-23(30(34,35)36)2-1-12-37-26)18-24(22)39-25(40-27)9-13-41-14-10-28(11-15-41)42-16-17-43-28/h1-8,12,18H,9-11,13-17H2,(H,38,39,40). The second-order valence-corrected chi connectivity index (χ2v) is 10.5. The van der Waals surface area contributed by atoms with Crippen molar-refractivity contribution in [2.75, 3.05) is 38.2 Å². The zero-order valence-corrected chi connectivity index (χ0v) is 22.8. The minimum absolute atomic E-state index is 0.225. The van der Waals surface area contributed by atoms with E-state index in [4.69, 9.17) is 9.47 Å². The van der Waals surface area contributed by atoms with Crippen molar-refractivity contribution in [3.63, 3.8) is 0 Å². The molecular weight excluding hydrogens is 576 g/mol. The Kier molecular flexibility index (Phi) is 7.73. The van der Waals surface area contributed by atoms with E-state index in [0.29, 0.717) is 54.4 Å². The Hall–Kier alpha value is -3.81. The lowest BCUT2D eigenvalue weighted by atomic mass is 10.0. The van der Waals surface area contributed by atoms with Gasteiger partial charge in [-0.1, -0.05) is 6.07 Å². The number of pyridine rings is 1. The molecule has 43 heavy (non-hydrogen) atoms. The van der Waals surface area contributed by atoms with Gasteiger partial charge in [-0.2, -0.15) is 26.3 Å². The van der Waals surface area contributed by atoms with Crippen molar-refractivity contribution >= 4 is 22.4 Å². The van der Waals surface area contributed by atoms with E-state index in [1.807, 2.05) is 0 Å². The van der Waals surface area contributed by atoms with Crippen LogP contribution in [0.25, 0.3) is 22.2 Å². The SMILES string of the molecule is FC(F)(F)c1ccc(Nc2nc(CCN3CCC4(CC3)OCCO4)nc3cc(-c4ncccc4C(F)(F)F)ccc23)cc1. The quantitative estimate of drug-likeness (QED) is 0.242. The largest absolute Gasteiger partial charge is 0.418 e. The number of rotatable bonds is 6. The van der Waals surface area contributed by atoms with Crippen LogP contribution in [0.4, 0.5) is 37.8 Å². The Bertz CT molecular complexity index is 1590. The summed E-state index contributed by atoms with van der Waals surface area (Å²) in [6, 6.07) is 11.3. The molecule has 1 N–H and O–H groups in total. The maximum Gasteiger partial charge on any atom is 0.418 e. The minimum Gasteiger partial charge on any atom is -0.347 e. The molecule has 2 aromatic carbocycles. The van der Waals surface area contributed by atoms with Gasteiger partial charge in [0, 0.05) is 61.7 Å². The van der Waals surface area contributed by atoms with Gasteiger partial charge >= 0.3 is 12.4 Å². The predicted molar refractivity (Wildman–Crippen MR) is 147 cm³/mol. The number of nitrogens with zero attached hydrogens (tertiary/aromatic N) is 4. The fourth-order valence-electron chi connectivity index (χ4n) is 5.44. The molecule has 2 saturated heterocycles. The minimum atomic E-state index is -4.60. The predicted octanol–water partition coefficient (Wildman–Crippen LogP) is 6.85. The summed E-state index contributed by atoms with van der Waals surface area (Å²) in [5.74, 6) is 0.254. The topological polar surface area (TPSA) is 72.4 Å². The maximum absolute atomic E-state index is 13.7. The molecule has 2 aliphatic heterocycles. The number of nitrogens with one attached hydrogen (secondary N) is 1. The molecule has 226 valence electrons. The molecule has 2 fully saturated rings. The molecule has 0 atom stereocenters. The number of alkyl halides is 6. The molecule has 7 nitrogen and oxygen atoms in total. The summed E-state index contributed by atoms with van der Waals surface area (Å²) < 4.78 is 92.0. The number of halogens is 6. The lowest BCUT2D eigenvalue weighted by molar-refractivity contribution is -0.185. The van der Waals surface area contributed by atoms with Gasteiger partial charge in [-0.25, -0.2) is 9.97 Å². The highest BCUT2D eigenvalue weighted by molar-refractivity contribution is 5.93. The van der Waals surface area contributed by atoms with E-state index in [1.54, 1.807) is 6.07 Å². The van der Waals surface area contributed by atoms with Gasteiger partial charge in [-0.15, -0.1) is 0 Å². The number of aromatic nitrogens is 3. The van der Waals surface area contributed by atoms with E-state index in [9.17, 15) is 26.3 Å². The Morgan fingerprint density at radius 1 is 0.860 bits per heavy atom. The third kappa shape index (κ3) is 6.43. The number of benzene rings is 2. The number of piperidine rings is 1. The number of hydrogen-bond donors (Lipinski definition) is 1. The van der Waals surface area contributed by atoms with Crippen molar-refractivity contribution in [3.05, 3.63) is 77.7 Å². The van der Waals surface area contributed by atoms with Crippen molar-refractivity contribution in [2.24, 2.45) is 0 Å². The van der Waals surface area contributed by atoms with Crippen molar-refractivity contribution in [3.8, 4) is 11.3 Å². The van der Waals surface area contributed by atoms with Crippen LogP contribution in [0.2, 0.25) is 0 Å². The molecule has 0 amide bonds. The summed E-state index contributed by atoms with van der Waals surface area (Å²) in [5.41, 5.74) is -0.921. The van der Waals surface area contributed by atoms with Gasteiger partial charge < -0.3 is 19.7 Å². The molecule has 2 aromatic heterocycles. The van der Waals surface area contributed by atoms with E-state index in [1.165, 1.54) is 36.5 Å². The molecule has 0 bridgehead atoms. The van der Waals surface area contributed by atoms with Crippen LogP contribution in [0.1, 0.15) is 29.8 Å². The molecule has 6 rings (SSSR count). The number of likely N-dealkylation sites (tertiary alicyclic amines) is 1. The fourth-order valence-corrected chi connectivity index (χ4v) is 5.44. The highest BCUT2D eigenvalue weighted by Gasteiger charge is 2.39. The first-order valence-corrected chi connectivity index (χ1v) is 13.8. The highest BCUT2D eigenvalue weighted by Crippen LogP contribution is 2.37. The van der Waals surface area contributed by atoms with Gasteiger partial charge in [0.25, 0.3) is 0 Å². The summed E-state index contributed by atoms with van der Waals surface area (Å²) in [4.78, 5) is 15.6. The van der Waals surface area contributed by atoms with Gasteiger partial charge in [0.1, 0.15) is 11.6 Å². The summed E-state index contributed by atoms with van der Waals surface area (Å²) in [7, 11) is 0. The Balaban J connectivity index is 1.31. The average molecular weight is 604 g/mol. The second kappa shape index (κ2) is 11.4. The van der Waals surface area contributed by atoms with Crippen LogP contribution in [0.15, 0.2) is 60.8 Å². The average Bonchev–Trinajstić information content (AvgIpc) is 3.44. The lowest BCUT2D eigenvalue weighted by Crippen LogP contribution is -2.45. The number of ether oxygens (including phenoxy) is 2. The first-order valence-electron chi connectivity index (χ1n) is 13.8. The Morgan fingerprint density at radius 2 is 1.58 bits per heavy atom. The first kappa shape index (κ1) is 29.3. The van der Waals surface area contributed by atoms with Crippen molar-refractivity contribution in [2.45, 2.75) is 37.4 Å². The zero-order valence-electron chi connectivity index (χ0n) is 22.8. The van der Waals surface area contributed by atoms with Gasteiger partial charge in [0.15, 0.2) is 5.79 Å². The molecule has 1 spiro atoms. The van der Waals surface area contributed by atoms with E-state index < -0.39 is 29.3 Å². The molecule has 13 heteroatoms. The fraction of sp³-hybridized carbons (Fsp3) is 0.367. The van der Waals surface area contributed by atoms with Crippen molar-refractivity contribution < 1.29 is 35.8 Å². The summed E-state index contributed by atoms with van der Waals surface area (Å²) in [5, 5.41) is 3.56. The van der Waals surface area contributed by atoms with Crippen LogP contribution in [0, 0.1) is 0 Å². The number of fused-ring (bicyclic) bond motifs is 1. The molecule has 0 radical (unpaired) electrons. The van der Waals surface area contributed by atoms with Crippen LogP contribution < -0.4 is 5.32 Å². The van der Waals surface area contributed by atoms with E-state index in [-0.39, 0.29) is 11.3 Å². The van der Waals surface area contributed by atoms with Crippen LogP contribution in [0.5, 0.6) is 0 Å². The molecule has 4 aromatic rings. The molecule has 2 aliphatic rings. The smallest absolute Gasteiger partial charge is 0.347 e. The summed E-state index contributed by atoms with van der Waals surface area (Å²) >= 11 is 0. The van der Waals surface area contributed by atoms with Crippen molar-refractivity contribution in [1.82, 2.24) is 19.9 Å². The summed E-state index contributed by atoms with van der Waals surface area (Å²) in [6.07, 6.45) is -5.88. The van der Waals surface area contributed by atoms with Crippen LogP contribution in [0.3, 0.4) is 0 Å². The first-order chi connectivity index (χ1) is 20.5. The molecular formula is C30H27F6N5O2. The van der Waals surface area contributed by atoms with E-state index >= 15 is 0 Å².